The predicted molar refractivity (Wildman–Crippen MR) is 66.6 cm³/mol. The maximum absolute atomic E-state index is 10.1. The van der Waals surface area contributed by atoms with E-state index < -0.39 is 5.60 Å². The van der Waals surface area contributed by atoms with E-state index in [2.05, 4.69) is 0 Å². The Morgan fingerprint density at radius 2 is 1.81 bits per heavy atom. The van der Waals surface area contributed by atoms with Crippen LogP contribution in [0.2, 0.25) is 0 Å². The lowest BCUT2D eigenvalue weighted by molar-refractivity contribution is 0.0751. The quantitative estimate of drug-likeness (QED) is 0.824. The van der Waals surface area contributed by atoms with E-state index in [4.69, 9.17) is 9.47 Å². The highest BCUT2D eigenvalue weighted by Gasteiger charge is 2.24. The summed E-state index contributed by atoms with van der Waals surface area (Å²) >= 11 is 1.54. The van der Waals surface area contributed by atoms with E-state index >= 15 is 0 Å². The molecule has 0 amide bonds. The van der Waals surface area contributed by atoms with E-state index in [1.54, 1.807) is 39.8 Å². The summed E-state index contributed by atoms with van der Waals surface area (Å²) in [6, 6.07) is 3.68. The molecule has 0 heterocycles. The van der Waals surface area contributed by atoms with E-state index in [0.29, 0.717) is 5.75 Å². The van der Waals surface area contributed by atoms with Gasteiger partial charge in [-0.05, 0) is 32.2 Å². The average Bonchev–Trinajstić information content (AvgIpc) is 2.25. The van der Waals surface area contributed by atoms with Gasteiger partial charge in [0.15, 0.2) is 0 Å². The summed E-state index contributed by atoms with van der Waals surface area (Å²) in [4.78, 5) is 0.907. The zero-order valence-electron chi connectivity index (χ0n) is 10.3. The van der Waals surface area contributed by atoms with Gasteiger partial charge in [-0.3, -0.25) is 0 Å². The Hall–Kier alpha value is -0.870. The Balaban J connectivity index is 3.43. The van der Waals surface area contributed by atoms with Crippen LogP contribution in [0.15, 0.2) is 17.0 Å². The van der Waals surface area contributed by atoms with Crippen LogP contribution in [0.25, 0.3) is 0 Å². The minimum absolute atomic E-state index is 0.680. The molecule has 0 saturated carbocycles. The van der Waals surface area contributed by atoms with Crippen LogP contribution in [-0.2, 0) is 5.60 Å². The van der Waals surface area contributed by atoms with Crippen molar-refractivity contribution in [3.8, 4) is 11.5 Å². The van der Waals surface area contributed by atoms with Crippen LogP contribution in [0, 0.1) is 0 Å². The van der Waals surface area contributed by atoms with E-state index in [9.17, 15) is 5.11 Å². The second-order valence-electron chi connectivity index (χ2n) is 3.94. The molecule has 0 atom stereocenters. The fourth-order valence-corrected chi connectivity index (χ4v) is 2.31. The molecule has 90 valence electrons. The first kappa shape index (κ1) is 13.2. The minimum Gasteiger partial charge on any atom is -0.495 e. The largest absolute Gasteiger partial charge is 0.495 e. The van der Waals surface area contributed by atoms with Crippen molar-refractivity contribution in [2.45, 2.75) is 24.3 Å². The van der Waals surface area contributed by atoms with Gasteiger partial charge in [0, 0.05) is 5.56 Å². The molecular weight excluding hydrogens is 224 g/mol. The van der Waals surface area contributed by atoms with Crippen molar-refractivity contribution in [3.05, 3.63) is 17.7 Å². The SMILES string of the molecule is COc1ccc(C(C)(C)O)c(OC)c1SC. The van der Waals surface area contributed by atoms with Crippen molar-refractivity contribution < 1.29 is 14.6 Å². The van der Waals surface area contributed by atoms with Crippen LogP contribution in [0.3, 0.4) is 0 Å². The molecule has 0 radical (unpaired) electrons. The molecule has 0 spiro atoms. The number of benzene rings is 1. The summed E-state index contributed by atoms with van der Waals surface area (Å²) in [6.45, 7) is 3.48. The normalized spacial score (nSPS) is 11.4. The molecular formula is C12H18O3S. The summed E-state index contributed by atoms with van der Waals surface area (Å²) < 4.78 is 10.6. The second kappa shape index (κ2) is 4.97. The Morgan fingerprint density at radius 1 is 1.19 bits per heavy atom. The molecule has 0 aromatic heterocycles. The van der Waals surface area contributed by atoms with E-state index in [-0.39, 0.29) is 0 Å². The van der Waals surface area contributed by atoms with Crippen LogP contribution in [0.4, 0.5) is 0 Å². The van der Waals surface area contributed by atoms with Crippen LogP contribution >= 0.6 is 11.8 Å². The molecule has 1 aromatic rings. The molecule has 0 fully saturated rings. The molecule has 4 heteroatoms. The summed E-state index contributed by atoms with van der Waals surface area (Å²) in [5.41, 5.74) is -0.164. The first-order chi connectivity index (χ1) is 7.45. The summed E-state index contributed by atoms with van der Waals surface area (Å²) in [7, 11) is 3.22. The van der Waals surface area contributed by atoms with Gasteiger partial charge in [-0.2, -0.15) is 0 Å². The number of aliphatic hydroxyl groups is 1. The zero-order chi connectivity index (χ0) is 12.3. The number of hydrogen-bond donors (Lipinski definition) is 1. The van der Waals surface area contributed by atoms with Crippen molar-refractivity contribution in [3.63, 3.8) is 0 Å². The van der Waals surface area contributed by atoms with Crippen LogP contribution in [-0.4, -0.2) is 25.6 Å². The number of thioether (sulfide) groups is 1. The van der Waals surface area contributed by atoms with Crippen molar-refractivity contribution in [2.75, 3.05) is 20.5 Å². The predicted octanol–water partition coefficient (Wildman–Crippen LogP) is 2.65. The molecule has 0 bridgehead atoms. The maximum atomic E-state index is 10.1. The van der Waals surface area contributed by atoms with E-state index in [1.165, 1.54) is 0 Å². The molecule has 0 aliphatic rings. The summed E-state index contributed by atoms with van der Waals surface area (Å²) in [5.74, 6) is 1.44. The molecule has 0 aliphatic heterocycles. The molecule has 0 aliphatic carbocycles. The van der Waals surface area contributed by atoms with Crippen molar-refractivity contribution in [1.29, 1.82) is 0 Å². The van der Waals surface area contributed by atoms with Gasteiger partial charge < -0.3 is 14.6 Å². The highest BCUT2D eigenvalue weighted by molar-refractivity contribution is 7.98. The second-order valence-corrected chi connectivity index (χ2v) is 4.76. The zero-order valence-corrected chi connectivity index (χ0v) is 11.1. The smallest absolute Gasteiger partial charge is 0.142 e. The van der Waals surface area contributed by atoms with Gasteiger partial charge in [0.1, 0.15) is 11.5 Å². The third kappa shape index (κ3) is 2.44. The molecule has 1 rings (SSSR count). The number of hydrogen-bond acceptors (Lipinski definition) is 4. The molecule has 1 aromatic carbocycles. The lowest BCUT2D eigenvalue weighted by atomic mass is 9.97. The fourth-order valence-electron chi connectivity index (χ4n) is 1.58. The summed E-state index contributed by atoms with van der Waals surface area (Å²) in [6.07, 6.45) is 1.95. The molecule has 1 N–H and O–H groups in total. The van der Waals surface area contributed by atoms with Crippen LogP contribution in [0.5, 0.6) is 11.5 Å². The summed E-state index contributed by atoms with van der Waals surface area (Å²) in [5, 5.41) is 10.1. The third-order valence-electron chi connectivity index (χ3n) is 2.36. The molecule has 0 unspecified atom stereocenters. The first-order valence-corrected chi connectivity index (χ1v) is 6.20. The van der Waals surface area contributed by atoms with E-state index in [1.807, 2.05) is 18.4 Å². The highest BCUT2D eigenvalue weighted by atomic mass is 32.2. The van der Waals surface area contributed by atoms with Gasteiger partial charge in [-0.25, -0.2) is 0 Å². The number of methoxy groups -OCH3 is 2. The Bertz CT molecular complexity index is 369. The maximum Gasteiger partial charge on any atom is 0.142 e. The van der Waals surface area contributed by atoms with Gasteiger partial charge in [-0.15, -0.1) is 11.8 Å². The Labute approximate surface area is 101 Å². The van der Waals surface area contributed by atoms with Gasteiger partial charge in [0.2, 0.25) is 0 Å². The van der Waals surface area contributed by atoms with Crippen molar-refractivity contribution in [1.82, 2.24) is 0 Å². The Kier molecular flexibility index (Phi) is 4.10. The third-order valence-corrected chi connectivity index (χ3v) is 3.16. The minimum atomic E-state index is -0.928. The standard InChI is InChI=1S/C12H18O3S/c1-12(2,13)8-6-7-9(14-3)11(16-5)10(8)15-4/h6-7,13H,1-5H3. The van der Waals surface area contributed by atoms with Gasteiger partial charge in [-0.1, -0.05) is 0 Å². The lowest BCUT2D eigenvalue weighted by Crippen LogP contribution is -2.17. The first-order valence-electron chi connectivity index (χ1n) is 4.97. The lowest BCUT2D eigenvalue weighted by Gasteiger charge is -2.23. The van der Waals surface area contributed by atoms with Gasteiger partial charge in [0.05, 0.1) is 24.7 Å². The van der Waals surface area contributed by atoms with Crippen LogP contribution in [0.1, 0.15) is 19.4 Å². The van der Waals surface area contributed by atoms with E-state index in [0.717, 1.165) is 16.2 Å². The molecule has 0 saturated heterocycles. The van der Waals surface area contributed by atoms with Crippen LogP contribution < -0.4 is 9.47 Å². The highest BCUT2D eigenvalue weighted by Crippen LogP contribution is 2.42. The van der Waals surface area contributed by atoms with Gasteiger partial charge >= 0.3 is 0 Å². The molecule has 16 heavy (non-hydrogen) atoms. The van der Waals surface area contributed by atoms with Crippen molar-refractivity contribution >= 4 is 11.8 Å². The topological polar surface area (TPSA) is 38.7 Å². The van der Waals surface area contributed by atoms with Crippen molar-refractivity contribution in [2.24, 2.45) is 0 Å². The fraction of sp³-hybridized carbons (Fsp3) is 0.500. The van der Waals surface area contributed by atoms with Gasteiger partial charge in [0.25, 0.3) is 0 Å². The monoisotopic (exact) mass is 242 g/mol. The Morgan fingerprint density at radius 3 is 2.19 bits per heavy atom. The number of ether oxygens (including phenoxy) is 2. The average molecular weight is 242 g/mol. The number of rotatable bonds is 4. The molecule has 3 nitrogen and oxygen atoms in total.